The maximum absolute atomic E-state index is 11.1. The van der Waals surface area contributed by atoms with E-state index in [1.807, 2.05) is 0 Å². The van der Waals surface area contributed by atoms with Crippen molar-refractivity contribution in [3.8, 4) is 0 Å². The Balaban J connectivity index is 0.00000196. The Hall–Kier alpha value is 0.860. The molecule has 0 spiro atoms. The van der Waals surface area contributed by atoms with Crippen molar-refractivity contribution >= 4 is 63.1 Å². The summed E-state index contributed by atoms with van der Waals surface area (Å²) in [5.74, 6) is 0. The molecule has 4 nitrogen and oxygen atoms in total. The molecule has 1 rings (SSSR count). The van der Waals surface area contributed by atoms with E-state index in [0.717, 1.165) is 13.3 Å². The van der Waals surface area contributed by atoms with Crippen LogP contribution in [-0.2, 0) is 9.13 Å². The zero-order chi connectivity index (χ0) is 11.0. The third kappa shape index (κ3) is 4.70. The molecule has 0 aliphatic rings. The van der Waals surface area contributed by atoms with E-state index >= 15 is 0 Å². The van der Waals surface area contributed by atoms with Crippen LogP contribution in [-0.4, -0.2) is 51.1 Å². The molecule has 0 heterocycles. The predicted octanol–water partition coefficient (Wildman–Crippen LogP) is -0.907. The molecular weight excluding hydrogens is 262 g/mol. The van der Waals surface area contributed by atoms with E-state index < -0.39 is 14.7 Å². The molecule has 0 aliphatic heterocycles. The van der Waals surface area contributed by atoms with Gasteiger partial charge in [-0.2, -0.15) is 0 Å². The average Bonchev–Trinajstić information content (AvgIpc) is 2.01. The number of benzene rings is 1. The van der Waals surface area contributed by atoms with Gasteiger partial charge in [0.2, 0.25) is 0 Å². The van der Waals surface area contributed by atoms with Crippen molar-refractivity contribution < 1.29 is 18.9 Å². The van der Waals surface area contributed by atoms with Gasteiger partial charge in [0.05, 0.1) is 0 Å². The van der Waals surface area contributed by atoms with Crippen LogP contribution in [0.25, 0.3) is 0 Å². The predicted molar refractivity (Wildman–Crippen MR) is 58.5 cm³/mol. The minimum atomic E-state index is -3.53. The van der Waals surface area contributed by atoms with E-state index in [1.54, 1.807) is 0 Å². The maximum Gasteiger partial charge on any atom is 2.00 e. The van der Waals surface area contributed by atoms with E-state index in [0.29, 0.717) is 0 Å². The number of hydrogen-bond acceptors (Lipinski definition) is 4. The fraction of sp³-hybridized carbons (Fsp3) is 0.250. The van der Waals surface area contributed by atoms with Gasteiger partial charge in [-0.3, -0.25) is 0 Å². The molecule has 2 unspecified atom stereocenters. The zero-order valence-electron chi connectivity index (χ0n) is 8.54. The van der Waals surface area contributed by atoms with Gasteiger partial charge in [-0.15, -0.1) is 0 Å². The second-order valence-corrected chi connectivity index (χ2v) is 7.62. The first kappa shape index (κ1) is 15.9. The zero-order valence-corrected chi connectivity index (χ0v) is 12.5. The first-order valence-corrected chi connectivity index (χ1v) is 8.04. The van der Waals surface area contributed by atoms with Crippen molar-refractivity contribution in [2.75, 3.05) is 13.3 Å². The summed E-state index contributed by atoms with van der Waals surface area (Å²) in [5, 5.41) is 0.296. The molecular formula is C8H10CaO4P2. The Morgan fingerprint density at radius 2 is 1.07 bits per heavy atom. The number of hydrogen-bond donors (Lipinski definition) is 0. The van der Waals surface area contributed by atoms with Gasteiger partial charge in [0, 0.05) is 14.7 Å². The van der Waals surface area contributed by atoms with Gasteiger partial charge in [-0.25, -0.2) is 0 Å². The average molecular weight is 272 g/mol. The molecule has 0 aliphatic carbocycles. The molecule has 0 N–H and O–H groups in total. The van der Waals surface area contributed by atoms with Crippen LogP contribution in [0.4, 0.5) is 0 Å². The molecule has 15 heavy (non-hydrogen) atoms. The quantitative estimate of drug-likeness (QED) is 0.516. The van der Waals surface area contributed by atoms with Crippen LogP contribution in [0.15, 0.2) is 24.3 Å². The smallest absolute Gasteiger partial charge is 0.796 e. The fourth-order valence-electron chi connectivity index (χ4n) is 0.994. The standard InChI is InChI=1S/C8H12O4P2.Ca/c1-13(9,10)7-3-5-8(6-4-7)14(2,11)12;/h3-6H,1-2H3,(H,9,10)(H,11,12);/q;+2/p-2. The van der Waals surface area contributed by atoms with Crippen LogP contribution >= 0.6 is 14.7 Å². The van der Waals surface area contributed by atoms with E-state index in [2.05, 4.69) is 0 Å². The van der Waals surface area contributed by atoms with Crippen LogP contribution in [0, 0.1) is 0 Å². The van der Waals surface area contributed by atoms with Crippen molar-refractivity contribution in [3.05, 3.63) is 24.3 Å². The molecule has 0 fully saturated rings. The van der Waals surface area contributed by atoms with Crippen molar-refractivity contribution in [3.63, 3.8) is 0 Å². The SMILES string of the molecule is CP(=O)([O-])c1ccc(P(C)(=O)[O-])cc1.[Ca+2]. The Morgan fingerprint density at radius 3 is 1.20 bits per heavy atom. The summed E-state index contributed by atoms with van der Waals surface area (Å²) < 4.78 is 22.1. The molecule has 0 saturated carbocycles. The third-order valence-corrected chi connectivity index (χ3v) is 4.26. The van der Waals surface area contributed by atoms with E-state index in [-0.39, 0.29) is 48.3 Å². The van der Waals surface area contributed by atoms with Gasteiger partial charge in [0.15, 0.2) is 0 Å². The molecule has 0 aromatic heterocycles. The summed E-state index contributed by atoms with van der Waals surface area (Å²) >= 11 is 0. The van der Waals surface area contributed by atoms with Gasteiger partial charge in [-0.1, -0.05) is 24.3 Å². The molecule has 0 radical (unpaired) electrons. The first-order chi connectivity index (χ1) is 6.21. The topological polar surface area (TPSA) is 80.3 Å². The molecule has 1 aromatic carbocycles. The van der Waals surface area contributed by atoms with Crippen LogP contribution in [0.2, 0.25) is 0 Å². The minimum Gasteiger partial charge on any atom is -0.796 e. The summed E-state index contributed by atoms with van der Waals surface area (Å²) in [6.45, 7) is 2.20. The van der Waals surface area contributed by atoms with Crippen LogP contribution in [0.5, 0.6) is 0 Å². The van der Waals surface area contributed by atoms with Crippen LogP contribution < -0.4 is 20.4 Å². The maximum atomic E-state index is 11.1. The van der Waals surface area contributed by atoms with Crippen molar-refractivity contribution in [2.45, 2.75) is 0 Å². The molecule has 2 atom stereocenters. The summed E-state index contributed by atoms with van der Waals surface area (Å²) in [6.07, 6.45) is 0. The second-order valence-electron chi connectivity index (χ2n) is 3.21. The Labute approximate surface area is 119 Å². The van der Waals surface area contributed by atoms with Crippen LogP contribution in [0.3, 0.4) is 0 Å². The van der Waals surface area contributed by atoms with Crippen molar-refractivity contribution in [1.29, 1.82) is 0 Å². The largest absolute Gasteiger partial charge is 2.00 e. The van der Waals surface area contributed by atoms with Crippen LogP contribution in [0.1, 0.15) is 0 Å². The summed E-state index contributed by atoms with van der Waals surface area (Å²) in [4.78, 5) is 22.1. The molecule has 0 amide bonds. The summed E-state index contributed by atoms with van der Waals surface area (Å²) in [6, 6.07) is 5.21. The molecule has 78 valence electrons. The normalized spacial score (nSPS) is 18.4. The van der Waals surface area contributed by atoms with E-state index in [4.69, 9.17) is 0 Å². The van der Waals surface area contributed by atoms with Crippen molar-refractivity contribution in [1.82, 2.24) is 0 Å². The summed E-state index contributed by atoms with van der Waals surface area (Å²) in [5.41, 5.74) is 0. The number of rotatable bonds is 2. The van der Waals surface area contributed by atoms with Crippen molar-refractivity contribution in [2.24, 2.45) is 0 Å². The summed E-state index contributed by atoms with van der Waals surface area (Å²) in [7, 11) is -7.06. The monoisotopic (exact) mass is 272 g/mol. The second kappa shape index (κ2) is 5.46. The first-order valence-electron chi connectivity index (χ1n) is 3.89. The Kier molecular flexibility index (Phi) is 5.78. The van der Waals surface area contributed by atoms with Gasteiger partial charge < -0.3 is 18.9 Å². The molecule has 0 saturated heterocycles. The van der Waals surface area contributed by atoms with E-state index in [1.165, 1.54) is 24.3 Å². The molecule has 7 heteroatoms. The Morgan fingerprint density at radius 1 is 0.867 bits per heavy atom. The van der Waals surface area contributed by atoms with Gasteiger partial charge in [0.1, 0.15) is 0 Å². The minimum absolute atomic E-state index is 0. The van der Waals surface area contributed by atoms with E-state index in [9.17, 15) is 18.9 Å². The fourth-order valence-corrected chi connectivity index (χ4v) is 2.38. The Bertz CT molecular complexity index is 376. The molecule has 0 bridgehead atoms. The van der Waals surface area contributed by atoms with Gasteiger partial charge >= 0.3 is 37.7 Å². The third-order valence-electron chi connectivity index (χ3n) is 1.79. The molecule has 1 aromatic rings. The van der Waals surface area contributed by atoms with Gasteiger partial charge in [-0.05, 0) is 23.9 Å². The van der Waals surface area contributed by atoms with Gasteiger partial charge in [0.25, 0.3) is 0 Å².